The molecule has 0 amide bonds. The van der Waals surface area contributed by atoms with Crippen LogP contribution >= 0.6 is 15.9 Å². The minimum Gasteiger partial charge on any atom is -0.480 e. The Hall–Kier alpha value is -1.46. The monoisotopic (exact) mass is 335 g/mol. The Morgan fingerprint density at radius 3 is 2.70 bits per heavy atom. The molecule has 106 valence electrons. The van der Waals surface area contributed by atoms with Crippen LogP contribution in [0, 0.1) is 0 Å². The van der Waals surface area contributed by atoms with E-state index in [1.54, 1.807) is 19.5 Å². The van der Waals surface area contributed by atoms with Crippen LogP contribution in [-0.4, -0.2) is 23.6 Å². The van der Waals surface area contributed by atoms with E-state index in [0.29, 0.717) is 5.88 Å². The number of ether oxygens (including phenoxy) is 1. The van der Waals surface area contributed by atoms with E-state index in [9.17, 15) is 0 Å². The molecule has 1 atom stereocenters. The van der Waals surface area contributed by atoms with Crippen molar-refractivity contribution in [1.29, 1.82) is 0 Å². The summed E-state index contributed by atoms with van der Waals surface area (Å²) in [5.41, 5.74) is 1.93. The molecule has 0 aliphatic carbocycles. The smallest absolute Gasteiger partial charge is 0.237 e. The zero-order chi connectivity index (χ0) is 14.4. The first-order valence-corrected chi connectivity index (χ1v) is 7.40. The third-order valence-electron chi connectivity index (χ3n) is 2.97. The van der Waals surface area contributed by atoms with Crippen molar-refractivity contribution in [3.8, 4) is 5.88 Å². The number of methoxy groups -OCH3 is 1. The van der Waals surface area contributed by atoms with Gasteiger partial charge in [-0.25, -0.2) is 4.98 Å². The third-order valence-corrected chi connectivity index (χ3v) is 3.69. The van der Waals surface area contributed by atoms with E-state index in [1.807, 2.05) is 18.2 Å². The maximum Gasteiger partial charge on any atom is 0.237 e. The molecule has 20 heavy (non-hydrogen) atoms. The Bertz CT molecular complexity index is 562. The summed E-state index contributed by atoms with van der Waals surface area (Å²) in [6, 6.07) is 8.07. The van der Waals surface area contributed by atoms with Crippen LogP contribution < -0.4 is 10.1 Å². The number of benzene rings is 1. The highest BCUT2D eigenvalue weighted by molar-refractivity contribution is 9.10. The quantitative estimate of drug-likeness (QED) is 0.879. The predicted octanol–water partition coefficient (Wildman–Crippen LogP) is 3.34. The van der Waals surface area contributed by atoms with Crippen LogP contribution in [-0.2, 0) is 0 Å². The van der Waals surface area contributed by atoms with E-state index in [-0.39, 0.29) is 6.04 Å². The Labute approximate surface area is 127 Å². The number of rotatable bonds is 6. The van der Waals surface area contributed by atoms with E-state index in [0.717, 1.165) is 28.7 Å². The van der Waals surface area contributed by atoms with Crippen molar-refractivity contribution < 1.29 is 4.74 Å². The number of halogens is 1. The summed E-state index contributed by atoms with van der Waals surface area (Å²) in [4.78, 5) is 8.69. The van der Waals surface area contributed by atoms with E-state index in [2.05, 4.69) is 44.2 Å². The molecule has 0 aliphatic heterocycles. The van der Waals surface area contributed by atoms with Crippen molar-refractivity contribution in [1.82, 2.24) is 15.3 Å². The van der Waals surface area contributed by atoms with Gasteiger partial charge in [0.15, 0.2) is 0 Å². The molecule has 1 unspecified atom stereocenters. The Morgan fingerprint density at radius 2 is 2.00 bits per heavy atom. The van der Waals surface area contributed by atoms with E-state index < -0.39 is 0 Å². The van der Waals surface area contributed by atoms with Gasteiger partial charge < -0.3 is 10.1 Å². The SMILES string of the molecule is CCCNC(c1ccccc1Br)c1nccnc1OC. The molecule has 5 heteroatoms. The fraction of sp³-hybridized carbons (Fsp3) is 0.333. The summed E-state index contributed by atoms with van der Waals surface area (Å²) in [6.45, 7) is 3.03. The van der Waals surface area contributed by atoms with Gasteiger partial charge in [0.1, 0.15) is 5.69 Å². The molecule has 1 aromatic heterocycles. The molecule has 1 N–H and O–H groups in total. The lowest BCUT2D eigenvalue weighted by Crippen LogP contribution is -2.25. The highest BCUT2D eigenvalue weighted by Crippen LogP contribution is 2.31. The molecule has 0 saturated carbocycles. The van der Waals surface area contributed by atoms with E-state index >= 15 is 0 Å². The van der Waals surface area contributed by atoms with Crippen molar-refractivity contribution in [2.45, 2.75) is 19.4 Å². The maximum absolute atomic E-state index is 5.34. The average molecular weight is 336 g/mol. The van der Waals surface area contributed by atoms with E-state index in [1.165, 1.54) is 0 Å². The van der Waals surface area contributed by atoms with Crippen molar-refractivity contribution in [3.63, 3.8) is 0 Å². The van der Waals surface area contributed by atoms with Crippen LogP contribution in [0.3, 0.4) is 0 Å². The van der Waals surface area contributed by atoms with Gasteiger partial charge in [-0.2, -0.15) is 0 Å². The average Bonchev–Trinajstić information content (AvgIpc) is 2.49. The first kappa shape index (κ1) is 14.9. The summed E-state index contributed by atoms with van der Waals surface area (Å²) in [5, 5.41) is 3.51. The second kappa shape index (κ2) is 7.36. The molecule has 0 saturated heterocycles. The van der Waals surface area contributed by atoms with Gasteiger partial charge in [0, 0.05) is 16.9 Å². The zero-order valence-corrected chi connectivity index (χ0v) is 13.2. The fourth-order valence-electron chi connectivity index (χ4n) is 2.04. The minimum absolute atomic E-state index is 0.0471. The summed E-state index contributed by atoms with van der Waals surface area (Å²) in [6.07, 6.45) is 4.37. The Kier molecular flexibility index (Phi) is 5.49. The molecule has 0 fully saturated rings. The first-order valence-electron chi connectivity index (χ1n) is 6.60. The van der Waals surface area contributed by atoms with Crippen LogP contribution in [0.25, 0.3) is 0 Å². The van der Waals surface area contributed by atoms with Gasteiger partial charge in [-0.1, -0.05) is 41.1 Å². The van der Waals surface area contributed by atoms with Gasteiger partial charge in [-0.05, 0) is 24.6 Å². The Morgan fingerprint density at radius 1 is 1.25 bits per heavy atom. The summed E-state index contributed by atoms with van der Waals surface area (Å²) < 4.78 is 6.38. The molecule has 0 aliphatic rings. The molecule has 0 radical (unpaired) electrons. The highest BCUT2D eigenvalue weighted by atomic mass is 79.9. The second-order valence-electron chi connectivity index (χ2n) is 4.36. The summed E-state index contributed by atoms with van der Waals surface area (Å²) in [7, 11) is 1.62. The number of hydrogen-bond acceptors (Lipinski definition) is 4. The molecular weight excluding hydrogens is 318 g/mol. The van der Waals surface area contributed by atoms with Gasteiger partial charge in [-0.15, -0.1) is 0 Å². The third kappa shape index (κ3) is 3.35. The topological polar surface area (TPSA) is 47.0 Å². The predicted molar refractivity (Wildman–Crippen MR) is 82.9 cm³/mol. The van der Waals surface area contributed by atoms with Crippen LogP contribution in [0.15, 0.2) is 41.1 Å². The molecule has 2 rings (SSSR count). The standard InChI is InChI=1S/C15H18BrN3O/c1-3-8-17-13(11-6-4-5-7-12(11)16)14-15(20-2)19-10-9-18-14/h4-7,9-10,13,17H,3,8H2,1-2H3. The molecule has 4 nitrogen and oxygen atoms in total. The summed E-state index contributed by atoms with van der Waals surface area (Å²) in [5.74, 6) is 0.553. The first-order chi connectivity index (χ1) is 9.77. The fourth-order valence-corrected chi connectivity index (χ4v) is 2.56. The van der Waals surface area contributed by atoms with Crippen LogP contribution in [0.2, 0.25) is 0 Å². The minimum atomic E-state index is -0.0471. The molecule has 0 bridgehead atoms. The van der Waals surface area contributed by atoms with Crippen LogP contribution in [0.5, 0.6) is 5.88 Å². The van der Waals surface area contributed by atoms with Crippen LogP contribution in [0.4, 0.5) is 0 Å². The second-order valence-corrected chi connectivity index (χ2v) is 5.21. The summed E-state index contributed by atoms with van der Waals surface area (Å²) >= 11 is 3.60. The Balaban J connectivity index is 2.44. The molecule has 1 heterocycles. The molecular formula is C15H18BrN3O. The lowest BCUT2D eigenvalue weighted by atomic mass is 10.0. The van der Waals surface area contributed by atoms with Gasteiger partial charge in [0.25, 0.3) is 0 Å². The highest BCUT2D eigenvalue weighted by Gasteiger charge is 2.21. The number of nitrogens with one attached hydrogen (secondary N) is 1. The lowest BCUT2D eigenvalue weighted by molar-refractivity contribution is 0.382. The van der Waals surface area contributed by atoms with Crippen LogP contribution in [0.1, 0.15) is 30.6 Å². The largest absolute Gasteiger partial charge is 0.480 e. The van der Waals surface area contributed by atoms with Gasteiger partial charge in [0.05, 0.1) is 13.2 Å². The van der Waals surface area contributed by atoms with Gasteiger partial charge >= 0.3 is 0 Å². The van der Waals surface area contributed by atoms with E-state index in [4.69, 9.17) is 4.74 Å². The van der Waals surface area contributed by atoms with Gasteiger partial charge in [-0.3, -0.25) is 4.98 Å². The number of hydrogen-bond donors (Lipinski definition) is 1. The van der Waals surface area contributed by atoms with Crippen molar-refractivity contribution >= 4 is 15.9 Å². The van der Waals surface area contributed by atoms with Crippen molar-refractivity contribution in [2.75, 3.05) is 13.7 Å². The lowest BCUT2D eigenvalue weighted by Gasteiger charge is -2.21. The maximum atomic E-state index is 5.34. The number of aromatic nitrogens is 2. The molecule has 0 spiro atoms. The molecule has 1 aromatic carbocycles. The van der Waals surface area contributed by atoms with Crippen molar-refractivity contribution in [2.24, 2.45) is 0 Å². The van der Waals surface area contributed by atoms with Gasteiger partial charge in [0.2, 0.25) is 5.88 Å². The molecule has 2 aromatic rings. The number of nitrogens with zero attached hydrogens (tertiary/aromatic N) is 2. The normalized spacial score (nSPS) is 12.2. The van der Waals surface area contributed by atoms with Crippen molar-refractivity contribution in [3.05, 3.63) is 52.4 Å². The zero-order valence-electron chi connectivity index (χ0n) is 11.6.